The molecule has 2 N–H and O–H groups in total. The minimum Gasteiger partial charge on any atom is -0.506 e. The van der Waals surface area contributed by atoms with Crippen LogP contribution in [0.2, 0.25) is 5.15 Å². The Labute approximate surface area is 109 Å². The van der Waals surface area contributed by atoms with Crippen molar-refractivity contribution in [2.75, 3.05) is 5.32 Å². The number of benzene rings is 1. The number of phenolic OH excluding ortho intramolecular Hbond substituents is 1. The highest BCUT2D eigenvalue weighted by Gasteiger charge is 2.09. The summed E-state index contributed by atoms with van der Waals surface area (Å²) in [4.78, 5) is 15.7. The van der Waals surface area contributed by atoms with Crippen LogP contribution in [0.15, 0.2) is 36.5 Å². The third-order valence-electron chi connectivity index (χ3n) is 2.39. The van der Waals surface area contributed by atoms with E-state index in [4.69, 9.17) is 11.6 Å². The van der Waals surface area contributed by atoms with Gasteiger partial charge in [-0.05, 0) is 36.8 Å². The van der Waals surface area contributed by atoms with E-state index in [1.54, 1.807) is 24.3 Å². The van der Waals surface area contributed by atoms with E-state index in [9.17, 15) is 9.90 Å². The van der Waals surface area contributed by atoms with Crippen LogP contribution < -0.4 is 5.32 Å². The third kappa shape index (κ3) is 2.78. The zero-order valence-electron chi connectivity index (χ0n) is 9.64. The Balaban J connectivity index is 2.21. The van der Waals surface area contributed by atoms with Gasteiger partial charge in [0.25, 0.3) is 5.91 Å². The summed E-state index contributed by atoms with van der Waals surface area (Å²) in [5.74, 6) is -0.318. The van der Waals surface area contributed by atoms with Crippen LogP contribution in [0.5, 0.6) is 5.75 Å². The van der Waals surface area contributed by atoms with Crippen molar-refractivity contribution >= 4 is 23.2 Å². The van der Waals surface area contributed by atoms with E-state index in [-0.39, 0.29) is 16.8 Å². The molecule has 0 atom stereocenters. The lowest BCUT2D eigenvalue weighted by molar-refractivity contribution is 0.102. The maximum Gasteiger partial charge on any atom is 0.255 e. The first-order valence-corrected chi connectivity index (χ1v) is 5.66. The number of aryl methyl sites for hydroxylation is 1. The van der Waals surface area contributed by atoms with Gasteiger partial charge in [0.1, 0.15) is 10.9 Å². The summed E-state index contributed by atoms with van der Waals surface area (Å²) in [5.41, 5.74) is 1.66. The summed E-state index contributed by atoms with van der Waals surface area (Å²) in [6.07, 6.45) is 1.45. The van der Waals surface area contributed by atoms with Crippen LogP contribution in [0.3, 0.4) is 0 Å². The standard InChI is InChI=1S/C13H11ClN2O2/c1-8-2-3-10(11(17)6-8)16-13(18)9-4-5-15-12(14)7-9/h2-7,17H,1H3,(H,16,18). The van der Waals surface area contributed by atoms with E-state index in [1.807, 2.05) is 6.92 Å². The number of halogens is 1. The molecule has 0 radical (unpaired) electrons. The summed E-state index contributed by atoms with van der Waals surface area (Å²) in [6, 6.07) is 8.03. The average Bonchev–Trinajstić information content (AvgIpc) is 2.32. The number of amides is 1. The second-order valence-electron chi connectivity index (χ2n) is 3.84. The van der Waals surface area contributed by atoms with Gasteiger partial charge in [0.2, 0.25) is 0 Å². The van der Waals surface area contributed by atoms with Crippen molar-refractivity contribution in [1.82, 2.24) is 4.98 Å². The Morgan fingerprint density at radius 2 is 2.11 bits per heavy atom. The monoisotopic (exact) mass is 262 g/mol. The highest BCUT2D eigenvalue weighted by Crippen LogP contribution is 2.24. The zero-order chi connectivity index (χ0) is 13.1. The van der Waals surface area contributed by atoms with Crippen molar-refractivity contribution in [3.63, 3.8) is 0 Å². The lowest BCUT2D eigenvalue weighted by Crippen LogP contribution is -2.12. The highest BCUT2D eigenvalue weighted by molar-refractivity contribution is 6.29. The van der Waals surface area contributed by atoms with Gasteiger partial charge in [0.05, 0.1) is 5.69 Å². The normalized spacial score (nSPS) is 10.1. The summed E-state index contributed by atoms with van der Waals surface area (Å²) in [7, 11) is 0. The molecular weight excluding hydrogens is 252 g/mol. The molecule has 1 aromatic carbocycles. The Kier molecular flexibility index (Phi) is 3.48. The molecule has 18 heavy (non-hydrogen) atoms. The van der Waals surface area contributed by atoms with Crippen molar-refractivity contribution in [3.8, 4) is 5.75 Å². The van der Waals surface area contributed by atoms with Crippen LogP contribution in [0.25, 0.3) is 0 Å². The Bertz CT molecular complexity index is 599. The van der Waals surface area contributed by atoms with Gasteiger partial charge in [-0.25, -0.2) is 4.98 Å². The van der Waals surface area contributed by atoms with Gasteiger partial charge in [0, 0.05) is 11.8 Å². The van der Waals surface area contributed by atoms with Gasteiger partial charge in [-0.1, -0.05) is 17.7 Å². The highest BCUT2D eigenvalue weighted by atomic mass is 35.5. The SMILES string of the molecule is Cc1ccc(NC(=O)c2ccnc(Cl)c2)c(O)c1. The fourth-order valence-corrected chi connectivity index (χ4v) is 1.66. The number of hydrogen-bond acceptors (Lipinski definition) is 3. The molecule has 4 nitrogen and oxygen atoms in total. The number of rotatable bonds is 2. The van der Waals surface area contributed by atoms with Crippen LogP contribution in [0.1, 0.15) is 15.9 Å². The summed E-state index contributed by atoms with van der Waals surface area (Å²) < 4.78 is 0. The number of nitrogens with zero attached hydrogens (tertiary/aromatic N) is 1. The largest absolute Gasteiger partial charge is 0.506 e. The number of pyridine rings is 1. The molecule has 2 aromatic rings. The molecular formula is C13H11ClN2O2. The van der Waals surface area contributed by atoms with Gasteiger partial charge in [-0.3, -0.25) is 4.79 Å². The first-order chi connectivity index (χ1) is 8.56. The molecule has 0 aliphatic heterocycles. The lowest BCUT2D eigenvalue weighted by atomic mass is 10.2. The van der Waals surface area contributed by atoms with E-state index in [0.717, 1.165) is 5.56 Å². The van der Waals surface area contributed by atoms with E-state index in [0.29, 0.717) is 11.3 Å². The number of nitrogens with one attached hydrogen (secondary N) is 1. The van der Waals surface area contributed by atoms with Crippen molar-refractivity contribution in [3.05, 3.63) is 52.8 Å². The number of carbonyl (C=O) groups excluding carboxylic acids is 1. The molecule has 92 valence electrons. The zero-order valence-corrected chi connectivity index (χ0v) is 10.4. The third-order valence-corrected chi connectivity index (χ3v) is 2.60. The molecule has 0 saturated heterocycles. The Morgan fingerprint density at radius 3 is 2.78 bits per heavy atom. The van der Waals surface area contributed by atoms with Crippen LogP contribution in [0, 0.1) is 6.92 Å². The van der Waals surface area contributed by atoms with E-state index in [1.165, 1.54) is 12.3 Å². The Morgan fingerprint density at radius 1 is 1.33 bits per heavy atom. The molecule has 1 heterocycles. The van der Waals surface area contributed by atoms with Crippen molar-refractivity contribution in [2.45, 2.75) is 6.92 Å². The summed E-state index contributed by atoms with van der Waals surface area (Å²) in [5, 5.41) is 12.5. The second kappa shape index (κ2) is 5.06. The minimum atomic E-state index is -0.349. The first kappa shape index (κ1) is 12.4. The summed E-state index contributed by atoms with van der Waals surface area (Å²) in [6.45, 7) is 1.86. The fourth-order valence-electron chi connectivity index (χ4n) is 1.49. The maximum atomic E-state index is 11.9. The minimum absolute atomic E-state index is 0.0310. The quantitative estimate of drug-likeness (QED) is 0.646. The molecule has 5 heteroatoms. The van der Waals surface area contributed by atoms with Crippen LogP contribution in [0.4, 0.5) is 5.69 Å². The molecule has 1 amide bonds. The van der Waals surface area contributed by atoms with Crippen molar-refractivity contribution in [2.24, 2.45) is 0 Å². The number of aromatic hydroxyl groups is 1. The van der Waals surface area contributed by atoms with Gasteiger partial charge >= 0.3 is 0 Å². The topological polar surface area (TPSA) is 62.2 Å². The number of hydrogen-bond donors (Lipinski definition) is 2. The lowest BCUT2D eigenvalue weighted by Gasteiger charge is -2.08. The fraction of sp³-hybridized carbons (Fsp3) is 0.0769. The predicted molar refractivity (Wildman–Crippen MR) is 70.0 cm³/mol. The predicted octanol–water partition coefficient (Wildman–Crippen LogP) is 3.00. The van der Waals surface area contributed by atoms with E-state index < -0.39 is 0 Å². The van der Waals surface area contributed by atoms with Crippen LogP contribution in [-0.2, 0) is 0 Å². The number of carbonyl (C=O) groups is 1. The number of aromatic nitrogens is 1. The second-order valence-corrected chi connectivity index (χ2v) is 4.23. The van der Waals surface area contributed by atoms with E-state index >= 15 is 0 Å². The van der Waals surface area contributed by atoms with Gasteiger partial charge < -0.3 is 10.4 Å². The molecule has 0 spiro atoms. The van der Waals surface area contributed by atoms with Gasteiger partial charge in [0.15, 0.2) is 0 Å². The summed E-state index contributed by atoms with van der Waals surface area (Å²) >= 11 is 5.70. The average molecular weight is 263 g/mol. The van der Waals surface area contributed by atoms with Crippen molar-refractivity contribution < 1.29 is 9.90 Å². The molecule has 0 bridgehead atoms. The molecule has 0 saturated carbocycles. The molecule has 0 fully saturated rings. The Hall–Kier alpha value is -2.07. The molecule has 0 unspecified atom stereocenters. The molecule has 2 rings (SSSR count). The van der Waals surface area contributed by atoms with E-state index in [2.05, 4.69) is 10.3 Å². The van der Waals surface area contributed by atoms with Crippen LogP contribution >= 0.6 is 11.6 Å². The number of anilines is 1. The maximum absolute atomic E-state index is 11.9. The molecule has 0 aliphatic rings. The van der Waals surface area contributed by atoms with Crippen LogP contribution in [-0.4, -0.2) is 16.0 Å². The smallest absolute Gasteiger partial charge is 0.255 e. The van der Waals surface area contributed by atoms with Gasteiger partial charge in [-0.2, -0.15) is 0 Å². The molecule has 0 aliphatic carbocycles. The van der Waals surface area contributed by atoms with Crippen molar-refractivity contribution in [1.29, 1.82) is 0 Å². The molecule has 1 aromatic heterocycles. The van der Waals surface area contributed by atoms with Gasteiger partial charge in [-0.15, -0.1) is 0 Å². The first-order valence-electron chi connectivity index (χ1n) is 5.29. The number of phenols is 1.